The minimum absolute atomic E-state index is 0.0310. The topological polar surface area (TPSA) is 47.3 Å². The molecule has 0 aliphatic carbocycles. The van der Waals surface area contributed by atoms with E-state index in [0.29, 0.717) is 0 Å². The van der Waals surface area contributed by atoms with Crippen LogP contribution in [0.2, 0.25) is 0 Å². The van der Waals surface area contributed by atoms with E-state index in [1.807, 2.05) is 36.5 Å². The van der Waals surface area contributed by atoms with Gasteiger partial charge in [0.05, 0.1) is 13.7 Å². The largest absolute Gasteiger partial charge is 0.494 e. The van der Waals surface area contributed by atoms with Gasteiger partial charge in [-0.2, -0.15) is 5.10 Å². The highest BCUT2D eigenvalue weighted by Crippen LogP contribution is 2.24. The van der Waals surface area contributed by atoms with E-state index in [-0.39, 0.29) is 6.61 Å². The van der Waals surface area contributed by atoms with E-state index in [1.165, 1.54) is 0 Å². The van der Waals surface area contributed by atoms with Crippen molar-refractivity contribution in [2.75, 3.05) is 13.7 Å². The van der Waals surface area contributed by atoms with E-state index in [2.05, 4.69) is 5.10 Å². The lowest BCUT2D eigenvalue weighted by Crippen LogP contribution is -1.98. The Bertz CT molecular complexity index is 504. The van der Waals surface area contributed by atoms with Crippen LogP contribution in [0.5, 0.6) is 5.75 Å². The van der Waals surface area contributed by atoms with Gasteiger partial charge >= 0.3 is 0 Å². The summed E-state index contributed by atoms with van der Waals surface area (Å²) < 4.78 is 7.08. The second kappa shape index (κ2) is 5.32. The molecule has 0 saturated heterocycles. The number of hydrogen-bond acceptors (Lipinski definition) is 3. The van der Waals surface area contributed by atoms with Crippen molar-refractivity contribution in [3.63, 3.8) is 0 Å². The molecular formula is C13H14N2O2. The predicted molar refractivity (Wildman–Crippen MR) is 66.2 cm³/mol. The van der Waals surface area contributed by atoms with Crippen LogP contribution in [0.15, 0.2) is 42.7 Å². The first-order valence-electron chi connectivity index (χ1n) is 5.30. The zero-order valence-corrected chi connectivity index (χ0v) is 9.58. The van der Waals surface area contributed by atoms with Crippen molar-refractivity contribution in [2.24, 2.45) is 0 Å². The molecular weight excluding hydrogens is 216 g/mol. The zero-order valence-electron chi connectivity index (χ0n) is 9.58. The number of aliphatic hydroxyl groups is 1. The van der Waals surface area contributed by atoms with Gasteiger partial charge in [0.15, 0.2) is 0 Å². The fourth-order valence-electron chi connectivity index (χ4n) is 1.59. The maximum atomic E-state index is 8.73. The van der Waals surface area contributed by atoms with Gasteiger partial charge in [-0.05, 0) is 23.8 Å². The minimum atomic E-state index is 0.0310. The van der Waals surface area contributed by atoms with Crippen molar-refractivity contribution in [1.82, 2.24) is 9.78 Å². The highest BCUT2D eigenvalue weighted by molar-refractivity contribution is 5.58. The molecule has 1 N–H and O–H groups in total. The van der Waals surface area contributed by atoms with Crippen LogP contribution in [-0.2, 0) is 0 Å². The molecule has 1 aromatic carbocycles. The van der Waals surface area contributed by atoms with Crippen LogP contribution in [0.25, 0.3) is 11.8 Å². The summed E-state index contributed by atoms with van der Waals surface area (Å²) in [5.74, 6) is 0.744. The number of rotatable bonds is 4. The average molecular weight is 230 g/mol. The van der Waals surface area contributed by atoms with Gasteiger partial charge < -0.3 is 9.84 Å². The van der Waals surface area contributed by atoms with Crippen molar-refractivity contribution >= 4 is 6.08 Å². The van der Waals surface area contributed by atoms with Crippen molar-refractivity contribution in [1.29, 1.82) is 0 Å². The summed E-state index contributed by atoms with van der Waals surface area (Å²) in [5, 5.41) is 12.9. The van der Waals surface area contributed by atoms with Crippen molar-refractivity contribution in [3.8, 4) is 11.4 Å². The summed E-state index contributed by atoms with van der Waals surface area (Å²) in [6.45, 7) is 0.0310. The monoisotopic (exact) mass is 230 g/mol. The summed E-state index contributed by atoms with van der Waals surface area (Å²) in [4.78, 5) is 0. The van der Waals surface area contributed by atoms with Crippen molar-refractivity contribution in [2.45, 2.75) is 0 Å². The minimum Gasteiger partial charge on any atom is -0.494 e. The first-order chi connectivity index (χ1) is 8.35. The Morgan fingerprint density at radius 2 is 2.35 bits per heavy atom. The highest BCUT2D eigenvalue weighted by atomic mass is 16.5. The molecule has 4 nitrogen and oxygen atoms in total. The molecule has 0 amide bonds. The van der Waals surface area contributed by atoms with Crippen molar-refractivity contribution < 1.29 is 9.84 Å². The Morgan fingerprint density at radius 1 is 1.47 bits per heavy atom. The fourth-order valence-corrected chi connectivity index (χ4v) is 1.59. The van der Waals surface area contributed by atoms with Gasteiger partial charge in [-0.1, -0.05) is 18.2 Å². The Hall–Kier alpha value is -2.07. The lowest BCUT2D eigenvalue weighted by Gasteiger charge is -2.09. The van der Waals surface area contributed by atoms with E-state index in [4.69, 9.17) is 9.84 Å². The molecule has 2 rings (SSSR count). The Balaban J connectivity index is 2.39. The number of ether oxygens (including phenoxy) is 1. The molecule has 1 heterocycles. The van der Waals surface area contributed by atoms with Gasteiger partial charge in [0.1, 0.15) is 11.4 Å². The first kappa shape index (κ1) is 11.4. The highest BCUT2D eigenvalue weighted by Gasteiger charge is 2.05. The molecule has 4 heteroatoms. The molecule has 0 saturated carbocycles. The molecule has 0 radical (unpaired) electrons. The van der Waals surface area contributed by atoms with Crippen molar-refractivity contribution in [3.05, 3.63) is 48.3 Å². The van der Waals surface area contributed by atoms with E-state index in [1.54, 1.807) is 24.1 Å². The lowest BCUT2D eigenvalue weighted by atomic mass is 10.1. The van der Waals surface area contributed by atoms with Gasteiger partial charge in [0.25, 0.3) is 0 Å². The summed E-state index contributed by atoms with van der Waals surface area (Å²) in [5.41, 5.74) is 1.87. The van der Waals surface area contributed by atoms with E-state index in [9.17, 15) is 0 Å². The summed E-state index contributed by atoms with van der Waals surface area (Å²) in [6.07, 6.45) is 7.11. The fraction of sp³-hybridized carbons (Fsp3) is 0.154. The first-order valence-corrected chi connectivity index (χ1v) is 5.30. The lowest BCUT2D eigenvalue weighted by molar-refractivity contribution is 0.343. The number of aromatic nitrogens is 2. The molecule has 0 atom stereocenters. The second-order valence-corrected chi connectivity index (χ2v) is 3.47. The van der Waals surface area contributed by atoms with E-state index < -0.39 is 0 Å². The third-order valence-electron chi connectivity index (χ3n) is 2.37. The van der Waals surface area contributed by atoms with E-state index in [0.717, 1.165) is 17.0 Å². The second-order valence-electron chi connectivity index (χ2n) is 3.47. The molecule has 0 aliphatic heterocycles. The summed E-state index contributed by atoms with van der Waals surface area (Å²) in [6, 6.07) is 7.65. The van der Waals surface area contributed by atoms with Crippen LogP contribution in [0.4, 0.5) is 0 Å². The maximum Gasteiger partial charge on any atom is 0.145 e. The Labute approximate surface area is 99.8 Å². The molecule has 17 heavy (non-hydrogen) atoms. The number of hydrogen-bond donors (Lipinski definition) is 1. The normalized spacial score (nSPS) is 10.9. The number of aliphatic hydroxyl groups excluding tert-OH is 1. The van der Waals surface area contributed by atoms with Crippen LogP contribution in [-0.4, -0.2) is 28.6 Å². The van der Waals surface area contributed by atoms with Crippen LogP contribution in [0, 0.1) is 0 Å². The molecule has 1 aromatic heterocycles. The standard InChI is InChI=1S/C13H14N2O2/c1-17-13-10-11(4-2-9-16)5-6-12(13)15-8-3-7-14-15/h2-8,10,16H,9H2,1H3/b4-2+. The quantitative estimate of drug-likeness (QED) is 0.872. The Kier molecular flexibility index (Phi) is 3.57. The number of methoxy groups -OCH3 is 1. The average Bonchev–Trinajstić information content (AvgIpc) is 2.89. The Morgan fingerprint density at radius 3 is 3.00 bits per heavy atom. The van der Waals surface area contributed by atoms with Gasteiger partial charge in [-0.25, -0.2) is 4.68 Å². The van der Waals surface area contributed by atoms with Crippen LogP contribution in [0.3, 0.4) is 0 Å². The van der Waals surface area contributed by atoms with Crippen LogP contribution < -0.4 is 4.74 Å². The summed E-state index contributed by atoms with van der Waals surface area (Å²) in [7, 11) is 1.63. The van der Waals surface area contributed by atoms with Gasteiger partial charge in [0.2, 0.25) is 0 Å². The van der Waals surface area contributed by atoms with Gasteiger partial charge in [-0.15, -0.1) is 0 Å². The van der Waals surface area contributed by atoms with Gasteiger partial charge in [0, 0.05) is 12.4 Å². The number of nitrogens with zero attached hydrogens (tertiary/aromatic N) is 2. The molecule has 0 spiro atoms. The zero-order chi connectivity index (χ0) is 12.1. The van der Waals surface area contributed by atoms with Crippen LogP contribution in [0.1, 0.15) is 5.56 Å². The molecule has 0 fully saturated rings. The SMILES string of the molecule is COc1cc(/C=C/CO)ccc1-n1cccn1. The molecule has 0 aliphatic rings. The maximum absolute atomic E-state index is 8.73. The molecule has 88 valence electrons. The molecule has 0 bridgehead atoms. The molecule has 0 unspecified atom stereocenters. The third kappa shape index (κ3) is 2.54. The predicted octanol–water partition coefficient (Wildman–Crippen LogP) is 1.89. The number of benzene rings is 1. The third-order valence-corrected chi connectivity index (χ3v) is 2.37. The smallest absolute Gasteiger partial charge is 0.145 e. The van der Waals surface area contributed by atoms with E-state index >= 15 is 0 Å². The summed E-state index contributed by atoms with van der Waals surface area (Å²) >= 11 is 0. The molecule has 2 aromatic rings. The van der Waals surface area contributed by atoms with Crippen LogP contribution >= 0.6 is 0 Å². The van der Waals surface area contributed by atoms with Gasteiger partial charge in [-0.3, -0.25) is 0 Å².